The number of nitrogens with one attached hydrogen (secondary N) is 2. The molecule has 6 rings (SSSR count). The van der Waals surface area contributed by atoms with Crippen molar-refractivity contribution in [1.82, 2.24) is 20.5 Å². The normalized spacial score (nSPS) is 28.4. The Balaban J connectivity index is 1.11. The summed E-state index contributed by atoms with van der Waals surface area (Å²) in [6.07, 6.45) is 7.62. The van der Waals surface area contributed by atoms with Gasteiger partial charge < -0.3 is 10.2 Å². The first-order valence-corrected chi connectivity index (χ1v) is 15.4. The van der Waals surface area contributed by atoms with E-state index in [-0.39, 0.29) is 29.7 Å². The molecule has 1 saturated heterocycles. The van der Waals surface area contributed by atoms with Gasteiger partial charge in [-0.1, -0.05) is 25.8 Å². The lowest BCUT2D eigenvalue weighted by Gasteiger charge is -2.35. The van der Waals surface area contributed by atoms with Crippen LogP contribution in [0.15, 0.2) is 28.5 Å². The Bertz CT molecular complexity index is 1310. The number of benzene rings is 1. The highest BCUT2D eigenvalue weighted by molar-refractivity contribution is 7.98. The lowest BCUT2D eigenvalue weighted by molar-refractivity contribution is -0.136. The van der Waals surface area contributed by atoms with E-state index in [9.17, 15) is 19.2 Å². The second kappa shape index (κ2) is 10.1. The van der Waals surface area contributed by atoms with E-state index in [2.05, 4.69) is 22.5 Å². The number of piperidine rings is 1. The van der Waals surface area contributed by atoms with Crippen LogP contribution in [-0.4, -0.2) is 45.1 Å². The summed E-state index contributed by atoms with van der Waals surface area (Å²) in [5.74, 6) is 0.957. The minimum atomic E-state index is -0.629. The highest BCUT2D eigenvalue weighted by atomic mass is 32.2. The van der Waals surface area contributed by atoms with Gasteiger partial charge in [0.25, 0.3) is 11.8 Å². The number of aromatic nitrogens is 1. The summed E-state index contributed by atoms with van der Waals surface area (Å²) in [4.78, 5) is 57.4. The van der Waals surface area contributed by atoms with E-state index in [1.165, 1.54) is 37.0 Å². The zero-order chi connectivity index (χ0) is 26.4. The van der Waals surface area contributed by atoms with Crippen LogP contribution in [0, 0.1) is 11.8 Å². The number of rotatable bonds is 7. The number of hydrogen-bond donors (Lipinski definition) is 2. The summed E-state index contributed by atoms with van der Waals surface area (Å²) < 4.78 is 0. The number of thiazole rings is 1. The van der Waals surface area contributed by atoms with Gasteiger partial charge in [0.05, 0.1) is 5.69 Å². The summed E-state index contributed by atoms with van der Waals surface area (Å²) in [6, 6.07) is 5.00. The molecule has 2 bridgehead atoms. The average Bonchev–Trinajstić information content (AvgIpc) is 3.58. The Morgan fingerprint density at radius 1 is 1.26 bits per heavy atom. The van der Waals surface area contributed by atoms with Crippen LogP contribution in [0.25, 0.3) is 0 Å². The molecule has 4 aliphatic rings. The Kier molecular flexibility index (Phi) is 6.80. The zero-order valence-electron chi connectivity index (χ0n) is 21.5. The number of imide groups is 1. The molecule has 4 amide bonds. The van der Waals surface area contributed by atoms with Gasteiger partial charge in [-0.15, -0.1) is 23.1 Å². The van der Waals surface area contributed by atoms with Crippen molar-refractivity contribution in [3.8, 4) is 0 Å². The molecular weight excluding hydrogens is 520 g/mol. The van der Waals surface area contributed by atoms with Crippen LogP contribution in [0.1, 0.15) is 89.7 Å². The Morgan fingerprint density at radius 3 is 2.92 bits per heavy atom. The smallest absolute Gasteiger partial charge is 0.280 e. The minimum Gasteiger partial charge on any atom is -0.344 e. The Morgan fingerprint density at radius 2 is 2.13 bits per heavy atom. The van der Waals surface area contributed by atoms with Crippen molar-refractivity contribution in [3.05, 3.63) is 45.4 Å². The van der Waals surface area contributed by atoms with Gasteiger partial charge in [-0.2, -0.15) is 0 Å². The topological polar surface area (TPSA) is 108 Å². The first-order valence-electron chi connectivity index (χ1n) is 13.5. The van der Waals surface area contributed by atoms with Crippen molar-refractivity contribution in [3.63, 3.8) is 0 Å². The van der Waals surface area contributed by atoms with Gasteiger partial charge in [-0.05, 0) is 61.6 Å². The first-order chi connectivity index (χ1) is 18.4. The Labute approximate surface area is 230 Å². The number of carbonyl (C=O) groups excluding carboxylic acids is 4. The third-order valence-corrected chi connectivity index (χ3v) is 10.9. The molecule has 3 fully saturated rings. The number of nitrogens with zero attached hydrogens (tertiary/aromatic N) is 2. The fraction of sp³-hybridized carbons (Fsp3) is 0.536. The van der Waals surface area contributed by atoms with Crippen LogP contribution >= 0.6 is 23.1 Å². The van der Waals surface area contributed by atoms with E-state index < -0.39 is 11.9 Å². The molecular formula is C28H32N4O4S2. The van der Waals surface area contributed by atoms with Gasteiger partial charge in [-0.25, -0.2) is 4.98 Å². The van der Waals surface area contributed by atoms with Crippen LogP contribution in [0.2, 0.25) is 0 Å². The van der Waals surface area contributed by atoms with Crippen molar-refractivity contribution in [2.75, 3.05) is 0 Å². The van der Waals surface area contributed by atoms with E-state index in [0.717, 1.165) is 34.9 Å². The molecule has 2 N–H and O–H groups in total. The summed E-state index contributed by atoms with van der Waals surface area (Å²) in [6.45, 7) is 2.53. The fourth-order valence-electron chi connectivity index (χ4n) is 6.94. The van der Waals surface area contributed by atoms with Crippen molar-refractivity contribution >= 4 is 46.7 Å². The maximum absolute atomic E-state index is 13.2. The molecule has 4 atom stereocenters. The van der Waals surface area contributed by atoms with Crippen molar-refractivity contribution in [1.29, 1.82) is 0 Å². The molecule has 2 saturated carbocycles. The van der Waals surface area contributed by atoms with Crippen LogP contribution in [0.3, 0.4) is 0 Å². The van der Waals surface area contributed by atoms with E-state index in [4.69, 9.17) is 0 Å². The van der Waals surface area contributed by atoms with E-state index in [1.807, 2.05) is 17.5 Å². The quantitative estimate of drug-likeness (QED) is 0.392. The molecule has 1 aromatic carbocycles. The first kappa shape index (κ1) is 25.6. The third-order valence-electron chi connectivity index (χ3n) is 8.87. The molecule has 3 heterocycles. The zero-order valence-corrected chi connectivity index (χ0v) is 23.1. The predicted octanol–water partition coefficient (Wildman–Crippen LogP) is 4.29. The maximum Gasteiger partial charge on any atom is 0.280 e. The summed E-state index contributed by atoms with van der Waals surface area (Å²) in [5.41, 5.74) is 2.25. The van der Waals surface area contributed by atoms with Gasteiger partial charge in [0, 0.05) is 40.1 Å². The molecule has 2 aliphatic carbocycles. The molecule has 200 valence electrons. The van der Waals surface area contributed by atoms with Crippen molar-refractivity contribution in [2.24, 2.45) is 11.8 Å². The minimum absolute atomic E-state index is 0.0632. The van der Waals surface area contributed by atoms with Gasteiger partial charge in [-0.3, -0.25) is 24.5 Å². The van der Waals surface area contributed by atoms with Gasteiger partial charge in [0.1, 0.15) is 6.04 Å². The average molecular weight is 553 g/mol. The van der Waals surface area contributed by atoms with Gasteiger partial charge in [0.2, 0.25) is 11.8 Å². The lowest BCUT2D eigenvalue weighted by Crippen LogP contribution is -2.52. The number of fused-ring (bicyclic) bond motifs is 3. The molecule has 38 heavy (non-hydrogen) atoms. The summed E-state index contributed by atoms with van der Waals surface area (Å²) in [5, 5.41) is 8.20. The molecule has 8 nitrogen and oxygen atoms in total. The van der Waals surface area contributed by atoms with Crippen LogP contribution < -0.4 is 10.6 Å². The monoisotopic (exact) mass is 552 g/mol. The Hall–Kier alpha value is -2.72. The number of hydrogen-bond acceptors (Lipinski definition) is 7. The van der Waals surface area contributed by atoms with Crippen LogP contribution in [-0.2, 0) is 21.9 Å². The molecule has 1 aromatic heterocycles. The van der Waals surface area contributed by atoms with Gasteiger partial charge >= 0.3 is 0 Å². The molecule has 0 spiro atoms. The van der Waals surface area contributed by atoms with Crippen molar-refractivity contribution < 1.29 is 19.2 Å². The lowest BCUT2D eigenvalue weighted by atomic mass is 9.81. The van der Waals surface area contributed by atoms with E-state index in [0.29, 0.717) is 35.2 Å². The summed E-state index contributed by atoms with van der Waals surface area (Å²) >= 11 is 2.97. The molecule has 4 unspecified atom stereocenters. The van der Waals surface area contributed by atoms with E-state index >= 15 is 0 Å². The molecule has 2 aliphatic heterocycles. The second-order valence-electron chi connectivity index (χ2n) is 11.0. The van der Waals surface area contributed by atoms with Crippen LogP contribution in [0.5, 0.6) is 0 Å². The number of thioether (sulfide) groups is 1. The molecule has 2 aromatic rings. The largest absolute Gasteiger partial charge is 0.344 e. The molecule has 10 heteroatoms. The predicted molar refractivity (Wildman–Crippen MR) is 145 cm³/mol. The number of amides is 4. The van der Waals surface area contributed by atoms with Gasteiger partial charge in [0.15, 0.2) is 5.01 Å². The third kappa shape index (κ3) is 4.55. The highest BCUT2D eigenvalue weighted by Crippen LogP contribution is 2.50. The van der Waals surface area contributed by atoms with Crippen LogP contribution in [0.4, 0.5) is 0 Å². The molecule has 0 radical (unpaired) electrons. The summed E-state index contributed by atoms with van der Waals surface area (Å²) in [7, 11) is 0. The standard InChI is InChI=1S/C28H32N4O4S2/c1-2-28(12-16-5-3-6-17(28)11-16)31-25(35)26-29-18(15-38-26)14-37-22-8-4-7-19-20(22)13-32(27(19)36)21-9-10-23(33)30-24(21)34/h4,7-8,15-17,21H,2-3,5-6,9-14H2,1H3,(H,31,35)(H,30,33,34). The maximum atomic E-state index is 13.2. The SMILES string of the molecule is CCC1(NC(=O)c2nc(CSc3cccc4c3CN(C3CCC(=O)NC3=O)C4=O)cs2)CC2CCCC1C2. The second-order valence-corrected chi connectivity index (χ2v) is 12.9. The van der Waals surface area contributed by atoms with Crippen molar-refractivity contribution in [2.45, 2.75) is 87.1 Å². The fourth-order valence-corrected chi connectivity index (χ4v) is 8.73. The van der Waals surface area contributed by atoms with E-state index in [1.54, 1.807) is 22.7 Å². The highest BCUT2D eigenvalue weighted by Gasteiger charge is 2.48. The number of carbonyl (C=O) groups is 4.